The Morgan fingerprint density at radius 2 is 2.28 bits per heavy atom. The van der Waals surface area contributed by atoms with Crippen molar-refractivity contribution in [2.45, 2.75) is 39.3 Å². The molecule has 100 valence electrons. The molecular formula is C12H21N5O. The van der Waals surface area contributed by atoms with E-state index in [0.717, 1.165) is 30.9 Å². The quantitative estimate of drug-likeness (QED) is 0.799. The molecule has 0 unspecified atom stereocenters. The number of anilines is 2. The fraction of sp³-hybridized carbons (Fsp3) is 0.667. The number of nitrogens with zero attached hydrogens (tertiary/aromatic N) is 3. The topological polar surface area (TPSA) is 76.2 Å². The maximum Gasteiger partial charge on any atom is 0.239 e. The van der Waals surface area contributed by atoms with Crippen molar-refractivity contribution >= 4 is 17.4 Å². The van der Waals surface area contributed by atoms with Gasteiger partial charge in [0, 0.05) is 19.6 Å². The molecule has 0 radical (unpaired) electrons. The van der Waals surface area contributed by atoms with Crippen LogP contribution in [0.1, 0.15) is 25.5 Å². The molecule has 1 fully saturated rings. The van der Waals surface area contributed by atoms with Gasteiger partial charge in [0.2, 0.25) is 5.91 Å². The van der Waals surface area contributed by atoms with E-state index in [2.05, 4.69) is 10.4 Å². The smallest absolute Gasteiger partial charge is 0.239 e. The maximum atomic E-state index is 11.8. The first kappa shape index (κ1) is 12.7. The summed E-state index contributed by atoms with van der Waals surface area (Å²) in [6.45, 7) is 4.93. The van der Waals surface area contributed by atoms with Crippen molar-refractivity contribution in [1.82, 2.24) is 15.1 Å². The van der Waals surface area contributed by atoms with Crippen molar-refractivity contribution in [3.8, 4) is 0 Å². The lowest BCUT2D eigenvalue weighted by Gasteiger charge is -2.20. The first-order chi connectivity index (χ1) is 8.52. The van der Waals surface area contributed by atoms with Crippen LogP contribution in [0.2, 0.25) is 0 Å². The third-order valence-corrected chi connectivity index (χ3v) is 3.13. The van der Waals surface area contributed by atoms with Gasteiger partial charge in [-0.2, -0.15) is 5.10 Å². The lowest BCUT2D eigenvalue weighted by Crippen LogP contribution is -2.37. The van der Waals surface area contributed by atoms with Crippen LogP contribution in [-0.2, 0) is 11.3 Å². The van der Waals surface area contributed by atoms with Gasteiger partial charge in [-0.1, -0.05) is 0 Å². The standard InChI is InChI=1S/C12H21N5O/c1-4-17-12(11(13)8(2)15-17)16(3)7-10(18)14-9-5-6-9/h9H,4-7,13H2,1-3H3,(H,14,18). The molecule has 1 aliphatic carbocycles. The molecule has 0 spiro atoms. The molecule has 1 heterocycles. The highest BCUT2D eigenvalue weighted by atomic mass is 16.2. The first-order valence-corrected chi connectivity index (χ1v) is 6.36. The minimum Gasteiger partial charge on any atom is -0.394 e. The number of aryl methyl sites for hydroxylation is 2. The number of nitrogens with two attached hydrogens (primary N) is 1. The summed E-state index contributed by atoms with van der Waals surface area (Å²) in [4.78, 5) is 13.6. The van der Waals surface area contributed by atoms with Crippen LogP contribution >= 0.6 is 0 Å². The average Bonchev–Trinajstić information content (AvgIpc) is 3.05. The number of nitrogens with one attached hydrogen (secondary N) is 1. The van der Waals surface area contributed by atoms with Crippen molar-refractivity contribution in [2.75, 3.05) is 24.2 Å². The van der Waals surface area contributed by atoms with Crippen molar-refractivity contribution < 1.29 is 4.79 Å². The SMILES string of the molecule is CCn1nc(C)c(N)c1N(C)CC(=O)NC1CC1. The van der Waals surface area contributed by atoms with Crippen LogP contribution in [0.5, 0.6) is 0 Å². The van der Waals surface area contributed by atoms with Gasteiger partial charge >= 0.3 is 0 Å². The van der Waals surface area contributed by atoms with E-state index in [-0.39, 0.29) is 5.91 Å². The monoisotopic (exact) mass is 251 g/mol. The minimum absolute atomic E-state index is 0.0425. The zero-order valence-corrected chi connectivity index (χ0v) is 11.2. The summed E-state index contributed by atoms with van der Waals surface area (Å²) >= 11 is 0. The van der Waals surface area contributed by atoms with Crippen molar-refractivity contribution in [1.29, 1.82) is 0 Å². The Morgan fingerprint density at radius 1 is 1.61 bits per heavy atom. The van der Waals surface area contributed by atoms with Gasteiger partial charge in [-0.25, -0.2) is 4.68 Å². The van der Waals surface area contributed by atoms with Crippen LogP contribution in [0.3, 0.4) is 0 Å². The number of aromatic nitrogens is 2. The van der Waals surface area contributed by atoms with E-state index in [4.69, 9.17) is 5.73 Å². The van der Waals surface area contributed by atoms with Gasteiger partial charge in [-0.15, -0.1) is 0 Å². The van der Waals surface area contributed by atoms with Crippen LogP contribution in [0.4, 0.5) is 11.5 Å². The van der Waals surface area contributed by atoms with Gasteiger partial charge in [-0.05, 0) is 26.7 Å². The zero-order chi connectivity index (χ0) is 13.3. The van der Waals surface area contributed by atoms with E-state index in [0.29, 0.717) is 18.3 Å². The summed E-state index contributed by atoms with van der Waals surface area (Å²) in [5, 5.41) is 7.32. The fourth-order valence-corrected chi connectivity index (χ4v) is 2.00. The number of carbonyl (C=O) groups is 1. The Balaban J connectivity index is 2.07. The first-order valence-electron chi connectivity index (χ1n) is 6.36. The minimum atomic E-state index is 0.0425. The number of carbonyl (C=O) groups excluding carboxylic acids is 1. The summed E-state index contributed by atoms with van der Waals surface area (Å²) in [6, 6.07) is 0.390. The molecule has 1 saturated carbocycles. The van der Waals surface area contributed by atoms with Crippen molar-refractivity contribution in [3.63, 3.8) is 0 Å². The van der Waals surface area contributed by atoms with Gasteiger partial charge in [-0.3, -0.25) is 4.79 Å². The number of likely N-dealkylation sites (N-methyl/N-ethyl adjacent to an activating group) is 1. The highest BCUT2D eigenvalue weighted by Crippen LogP contribution is 2.25. The predicted molar refractivity (Wildman–Crippen MR) is 71.5 cm³/mol. The van der Waals surface area contributed by atoms with Crippen LogP contribution in [0.15, 0.2) is 0 Å². The summed E-state index contributed by atoms with van der Waals surface area (Å²) in [6.07, 6.45) is 2.20. The van der Waals surface area contributed by atoms with Crippen molar-refractivity contribution in [2.24, 2.45) is 0 Å². The van der Waals surface area contributed by atoms with Crippen LogP contribution in [0.25, 0.3) is 0 Å². The largest absolute Gasteiger partial charge is 0.394 e. The Labute approximate surface area is 107 Å². The van der Waals surface area contributed by atoms with Crippen LogP contribution in [0, 0.1) is 6.92 Å². The molecule has 0 bridgehead atoms. The Morgan fingerprint density at radius 3 is 2.83 bits per heavy atom. The molecular weight excluding hydrogens is 230 g/mol. The molecule has 0 aliphatic heterocycles. The molecule has 6 heteroatoms. The molecule has 1 amide bonds. The van der Waals surface area contributed by atoms with Gasteiger partial charge < -0.3 is 16.0 Å². The van der Waals surface area contributed by atoms with E-state index in [1.165, 1.54) is 0 Å². The summed E-state index contributed by atoms with van der Waals surface area (Å²) in [5.41, 5.74) is 7.47. The Bertz CT molecular complexity index is 450. The second kappa shape index (κ2) is 4.88. The van der Waals surface area contributed by atoms with Gasteiger partial charge in [0.05, 0.1) is 17.9 Å². The molecule has 1 aliphatic rings. The fourth-order valence-electron chi connectivity index (χ4n) is 2.00. The van der Waals surface area contributed by atoms with Gasteiger partial charge in [0.25, 0.3) is 0 Å². The molecule has 0 saturated heterocycles. The maximum absolute atomic E-state index is 11.8. The molecule has 0 atom stereocenters. The summed E-state index contributed by atoms with van der Waals surface area (Å²) < 4.78 is 1.83. The Kier molecular flexibility index (Phi) is 3.45. The molecule has 1 aromatic heterocycles. The summed E-state index contributed by atoms with van der Waals surface area (Å²) in [5.74, 6) is 0.863. The van der Waals surface area contributed by atoms with Gasteiger partial charge in [0.1, 0.15) is 0 Å². The van der Waals surface area contributed by atoms with Crippen molar-refractivity contribution in [3.05, 3.63) is 5.69 Å². The number of hydrogen-bond donors (Lipinski definition) is 2. The van der Waals surface area contributed by atoms with Crippen LogP contribution < -0.4 is 16.0 Å². The normalized spacial score (nSPS) is 14.6. The number of amides is 1. The van der Waals surface area contributed by atoms with Crippen LogP contribution in [-0.4, -0.2) is 35.3 Å². The second-order valence-corrected chi connectivity index (χ2v) is 4.84. The average molecular weight is 251 g/mol. The van der Waals surface area contributed by atoms with E-state index in [1.807, 2.05) is 30.5 Å². The lowest BCUT2D eigenvalue weighted by atomic mass is 10.3. The number of hydrogen-bond acceptors (Lipinski definition) is 4. The predicted octanol–water partition coefficient (Wildman–Crippen LogP) is 0.508. The summed E-state index contributed by atoms with van der Waals surface area (Å²) in [7, 11) is 1.87. The van der Waals surface area contributed by atoms with Gasteiger partial charge in [0.15, 0.2) is 5.82 Å². The van der Waals surface area contributed by atoms with E-state index < -0.39 is 0 Å². The third kappa shape index (κ3) is 2.57. The number of nitrogen functional groups attached to an aromatic ring is 1. The molecule has 2 rings (SSSR count). The third-order valence-electron chi connectivity index (χ3n) is 3.13. The lowest BCUT2D eigenvalue weighted by molar-refractivity contribution is -0.119. The molecule has 6 nitrogen and oxygen atoms in total. The van der Waals surface area contributed by atoms with E-state index >= 15 is 0 Å². The highest BCUT2D eigenvalue weighted by Gasteiger charge is 2.24. The number of rotatable bonds is 5. The Hall–Kier alpha value is -1.72. The molecule has 0 aromatic carbocycles. The van der Waals surface area contributed by atoms with E-state index in [1.54, 1.807) is 0 Å². The van der Waals surface area contributed by atoms with E-state index in [9.17, 15) is 4.79 Å². The molecule has 3 N–H and O–H groups in total. The highest BCUT2D eigenvalue weighted by molar-refractivity contribution is 5.83. The molecule has 1 aromatic rings. The second-order valence-electron chi connectivity index (χ2n) is 4.84. The molecule has 18 heavy (non-hydrogen) atoms. The zero-order valence-electron chi connectivity index (χ0n) is 11.2.